The van der Waals surface area contributed by atoms with Gasteiger partial charge in [-0.15, -0.1) is 11.3 Å². The van der Waals surface area contributed by atoms with Crippen LogP contribution in [0.15, 0.2) is 0 Å². The summed E-state index contributed by atoms with van der Waals surface area (Å²) >= 11 is 1.51. The Kier molecular flexibility index (Phi) is 3.81. The van der Waals surface area contributed by atoms with Crippen LogP contribution >= 0.6 is 11.3 Å². The molecule has 0 N–H and O–H groups in total. The van der Waals surface area contributed by atoms with Crippen molar-refractivity contribution >= 4 is 17.1 Å². The van der Waals surface area contributed by atoms with E-state index >= 15 is 0 Å². The molecule has 0 aliphatic rings. The van der Waals surface area contributed by atoms with Crippen LogP contribution in [0, 0.1) is 19.8 Å². The number of Topliss-reactive ketones (excluding diaryl/α,β-unsaturated/α-hetero) is 1. The lowest BCUT2D eigenvalue weighted by atomic mass is 10.0. The fraction of sp³-hybridized carbons (Fsp3) is 0.636. The van der Waals surface area contributed by atoms with Crippen LogP contribution < -0.4 is 0 Å². The highest BCUT2D eigenvalue weighted by molar-refractivity contribution is 7.13. The average molecular weight is 211 g/mol. The van der Waals surface area contributed by atoms with Crippen molar-refractivity contribution in [1.29, 1.82) is 0 Å². The lowest BCUT2D eigenvalue weighted by molar-refractivity contribution is 0.0978. The Morgan fingerprint density at radius 1 is 1.43 bits per heavy atom. The summed E-state index contributed by atoms with van der Waals surface area (Å²) in [6.07, 6.45) is 1.62. The maximum atomic E-state index is 11.8. The summed E-state index contributed by atoms with van der Waals surface area (Å²) in [5.74, 6) is 0.843. The van der Waals surface area contributed by atoms with E-state index in [0.717, 1.165) is 22.0 Å². The lowest BCUT2D eigenvalue weighted by Gasteiger charge is -2.02. The van der Waals surface area contributed by atoms with Crippen LogP contribution in [0.4, 0.5) is 0 Å². The monoisotopic (exact) mass is 211 g/mol. The second kappa shape index (κ2) is 4.69. The van der Waals surface area contributed by atoms with Crippen molar-refractivity contribution in [1.82, 2.24) is 4.98 Å². The van der Waals surface area contributed by atoms with Crippen LogP contribution in [0.2, 0.25) is 0 Å². The van der Waals surface area contributed by atoms with Crippen molar-refractivity contribution < 1.29 is 4.79 Å². The molecule has 0 unspecified atom stereocenters. The summed E-state index contributed by atoms with van der Waals surface area (Å²) in [5.41, 5.74) is 0.890. The van der Waals surface area contributed by atoms with Gasteiger partial charge in [-0.1, -0.05) is 13.8 Å². The molecule has 14 heavy (non-hydrogen) atoms. The zero-order valence-electron chi connectivity index (χ0n) is 9.26. The second-order valence-electron chi connectivity index (χ2n) is 4.00. The number of aryl methyl sites for hydroxylation is 2. The molecule has 0 bridgehead atoms. The minimum Gasteiger partial charge on any atom is -0.293 e. The third-order valence-electron chi connectivity index (χ3n) is 2.11. The average Bonchev–Trinajstić information content (AvgIpc) is 2.41. The maximum Gasteiger partial charge on any atom is 0.174 e. The van der Waals surface area contributed by atoms with Gasteiger partial charge in [-0.2, -0.15) is 0 Å². The molecule has 1 aromatic rings. The largest absolute Gasteiger partial charge is 0.293 e. The van der Waals surface area contributed by atoms with Crippen LogP contribution in [-0.4, -0.2) is 10.8 Å². The minimum atomic E-state index is 0.252. The molecule has 0 saturated heterocycles. The molecule has 1 heterocycles. The molecule has 0 spiro atoms. The zero-order valence-corrected chi connectivity index (χ0v) is 10.1. The summed E-state index contributed by atoms with van der Waals surface area (Å²) in [5, 5.41) is 0.982. The van der Waals surface area contributed by atoms with Gasteiger partial charge in [0.2, 0.25) is 0 Å². The predicted octanol–water partition coefficient (Wildman–Crippen LogP) is 3.38. The first-order valence-corrected chi connectivity index (χ1v) is 5.79. The first-order chi connectivity index (χ1) is 6.50. The van der Waals surface area contributed by atoms with Crippen molar-refractivity contribution in [2.75, 3.05) is 0 Å². The van der Waals surface area contributed by atoms with E-state index in [0.29, 0.717) is 12.3 Å². The maximum absolute atomic E-state index is 11.8. The van der Waals surface area contributed by atoms with E-state index in [2.05, 4.69) is 18.8 Å². The standard InChI is InChI=1S/C11H17NOS/c1-7(2)5-6-10(13)11-8(3)12-9(4)14-11/h7H,5-6H2,1-4H3. The lowest BCUT2D eigenvalue weighted by Crippen LogP contribution is -2.00. The molecule has 0 saturated carbocycles. The van der Waals surface area contributed by atoms with Gasteiger partial charge in [0.1, 0.15) is 0 Å². The second-order valence-corrected chi connectivity index (χ2v) is 5.21. The molecule has 0 aliphatic heterocycles. The number of rotatable bonds is 4. The van der Waals surface area contributed by atoms with E-state index in [4.69, 9.17) is 0 Å². The molecule has 0 atom stereocenters. The van der Waals surface area contributed by atoms with Gasteiger partial charge in [0.25, 0.3) is 0 Å². The summed E-state index contributed by atoms with van der Waals surface area (Å²) in [7, 11) is 0. The van der Waals surface area contributed by atoms with Crippen molar-refractivity contribution in [2.24, 2.45) is 5.92 Å². The van der Waals surface area contributed by atoms with Crippen molar-refractivity contribution in [3.05, 3.63) is 15.6 Å². The SMILES string of the molecule is Cc1nc(C)c(C(=O)CCC(C)C)s1. The number of aromatic nitrogens is 1. The Morgan fingerprint density at radius 3 is 2.50 bits per heavy atom. The minimum absolute atomic E-state index is 0.252. The molecule has 2 nitrogen and oxygen atoms in total. The molecule has 78 valence electrons. The number of ketones is 1. The molecular formula is C11H17NOS. The molecule has 0 radical (unpaired) electrons. The quantitative estimate of drug-likeness (QED) is 0.715. The van der Waals surface area contributed by atoms with Crippen LogP contribution in [0.5, 0.6) is 0 Å². The van der Waals surface area contributed by atoms with Crippen LogP contribution in [0.3, 0.4) is 0 Å². The molecule has 1 aromatic heterocycles. The molecule has 0 aromatic carbocycles. The highest BCUT2D eigenvalue weighted by atomic mass is 32.1. The summed E-state index contributed by atoms with van der Waals surface area (Å²) in [4.78, 5) is 16.9. The summed E-state index contributed by atoms with van der Waals surface area (Å²) < 4.78 is 0. The fourth-order valence-corrected chi connectivity index (χ4v) is 2.21. The van der Waals surface area contributed by atoms with Gasteiger partial charge in [-0.3, -0.25) is 4.79 Å². The van der Waals surface area contributed by atoms with Crippen molar-refractivity contribution in [3.63, 3.8) is 0 Å². The highest BCUT2D eigenvalue weighted by Crippen LogP contribution is 2.20. The van der Waals surface area contributed by atoms with Gasteiger partial charge >= 0.3 is 0 Å². The molecule has 0 aliphatic carbocycles. The smallest absolute Gasteiger partial charge is 0.174 e. The number of nitrogens with zero attached hydrogens (tertiary/aromatic N) is 1. The van der Waals surface area contributed by atoms with E-state index < -0.39 is 0 Å². The molecule has 3 heteroatoms. The topological polar surface area (TPSA) is 30.0 Å². The molecule has 1 rings (SSSR count). The Balaban J connectivity index is 2.65. The first-order valence-electron chi connectivity index (χ1n) is 4.98. The predicted molar refractivity (Wildman–Crippen MR) is 60.0 cm³/mol. The van der Waals surface area contributed by atoms with Gasteiger partial charge in [0.05, 0.1) is 15.6 Å². The summed E-state index contributed by atoms with van der Waals surface area (Å²) in [6.45, 7) is 8.12. The molecule has 0 fully saturated rings. The number of hydrogen-bond acceptors (Lipinski definition) is 3. The van der Waals surface area contributed by atoms with Gasteiger partial charge in [0, 0.05) is 6.42 Å². The fourth-order valence-electron chi connectivity index (χ4n) is 1.32. The van der Waals surface area contributed by atoms with Crippen molar-refractivity contribution in [3.8, 4) is 0 Å². The third-order valence-corrected chi connectivity index (χ3v) is 3.22. The van der Waals surface area contributed by atoms with Crippen molar-refractivity contribution in [2.45, 2.75) is 40.5 Å². The van der Waals surface area contributed by atoms with E-state index in [1.807, 2.05) is 13.8 Å². The van der Waals surface area contributed by atoms with E-state index in [1.165, 1.54) is 11.3 Å². The Hall–Kier alpha value is -0.700. The molecular weight excluding hydrogens is 194 g/mol. The van der Waals surface area contributed by atoms with Gasteiger partial charge in [-0.05, 0) is 26.2 Å². The number of carbonyl (C=O) groups excluding carboxylic acids is 1. The van der Waals surface area contributed by atoms with E-state index in [9.17, 15) is 4.79 Å². The van der Waals surface area contributed by atoms with Gasteiger partial charge in [0.15, 0.2) is 5.78 Å². The van der Waals surface area contributed by atoms with E-state index in [1.54, 1.807) is 0 Å². The zero-order chi connectivity index (χ0) is 10.7. The van der Waals surface area contributed by atoms with Gasteiger partial charge in [-0.25, -0.2) is 4.98 Å². The van der Waals surface area contributed by atoms with E-state index in [-0.39, 0.29) is 5.78 Å². The Labute approximate surface area is 89.4 Å². The Bertz CT molecular complexity index is 328. The third kappa shape index (κ3) is 2.91. The number of carbonyl (C=O) groups is 1. The van der Waals surface area contributed by atoms with Crippen LogP contribution in [-0.2, 0) is 0 Å². The number of thiazole rings is 1. The first kappa shape index (κ1) is 11.4. The highest BCUT2D eigenvalue weighted by Gasteiger charge is 2.13. The van der Waals surface area contributed by atoms with Crippen LogP contribution in [0.1, 0.15) is 47.1 Å². The number of hydrogen-bond donors (Lipinski definition) is 0. The normalized spacial score (nSPS) is 10.9. The Morgan fingerprint density at radius 2 is 2.07 bits per heavy atom. The van der Waals surface area contributed by atoms with Gasteiger partial charge < -0.3 is 0 Å². The summed E-state index contributed by atoms with van der Waals surface area (Å²) in [6, 6.07) is 0. The van der Waals surface area contributed by atoms with Crippen LogP contribution in [0.25, 0.3) is 0 Å². The molecule has 0 amide bonds.